The number of rotatable bonds is 8. The van der Waals surface area contributed by atoms with Crippen LogP contribution >= 0.6 is 0 Å². The number of hydrogen-bond donors (Lipinski definition) is 4. The van der Waals surface area contributed by atoms with Crippen molar-refractivity contribution in [2.45, 2.75) is 6.42 Å². The zero-order valence-corrected chi connectivity index (χ0v) is 21.4. The summed E-state index contributed by atoms with van der Waals surface area (Å²) >= 11 is 0. The molecule has 0 radical (unpaired) electrons. The van der Waals surface area contributed by atoms with Crippen LogP contribution < -0.4 is 26.0 Å². The quantitative estimate of drug-likeness (QED) is 0.269. The SMILES string of the molecule is COc1cc2c(cc1Nc1nc(Nc3ccc(F)c(F)c3C(N)=O)c3cc[nH]c3n1)N(C(=O)CN(C)C)CC2. The van der Waals surface area contributed by atoms with Gasteiger partial charge in [0, 0.05) is 18.4 Å². The number of carbonyl (C=O) groups excluding carboxylic acids is 2. The minimum absolute atomic E-state index is 0.0257. The van der Waals surface area contributed by atoms with Gasteiger partial charge in [0.1, 0.15) is 22.8 Å². The largest absolute Gasteiger partial charge is 0.495 e. The second-order valence-corrected chi connectivity index (χ2v) is 9.25. The molecule has 13 heteroatoms. The predicted octanol–water partition coefficient (Wildman–Crippen LogP) is 3.28. The van der Waals surface area contributed by atoms with Gasteiger partial charge in [-0.2, -0.15) is 9.97 Å². The van der Waals surface area contributed by atoms with E-state index < -0.39 is 23.1 Å². The molecular formula is C26H26F2N8O3. The standard InChI is InChI=1S/C26H26F2N8O3/c1-35(2)12-20(37)36-9-7-13-10-19(39-3)17(11-18(13)36)32-26-33-24-14(6-8-30-24)25(34-26)31-16-5-4-15(27)22(28)21(16)23(29)38/h4-6,8,10-11H,7,9,12H2,1-3H3,(H2,29,38)(H3,30,31,32,33,34). The molecular weight excluding hydrogens is 510 g/mol. The van der Waals surface area contributed by atoms with Crippen molar-refractivity contribution in [2.75, 3.05) is 49.8 Å². The van der Waals surface area contributed by atoms with Crippen LogP contribution in [0.3, 0.4) is 0 Å². The Balaban J connectivity index is 1.53. The summed E-state index contributed by atoms with van der Waals surface area (Å²) in [7, 11) is 5.21. The number of amides is 2. The highest BCUT2D eigenvalue weighted by Gasteiger charge is 2.27. The number of benzene rings is 2. The van der Waals surface area contributed by atoms with Crippen LogP contribution in [0.5, 0.6) is 5.75 Å². The Morgan fingerprint density at radius 1 is 1.15 bits per heavy atom. The van der Waals surface area contributed by atoms with Crippen molar-refractivity contribution >= 4 is 51.7 Å². The van der Waals surface area contributed by atoms with Gasteiger partial charge in [-0.1, -0.05) is 0 Å². The van der Waals surface area contributed by atoms with E-state index in [2.05, 4.69) is 25.6 Å². The number of anilines is 5. The third kappa shape index (κ3) is 4.91. The van der Waals surface area contributed by atoms with Gasteiger partial charge in [0.25, 0.3) is 5.91 Å². The van der Waals surface area contributed by atoms with Crippen molar-refractivity contribution in [2.24, 2.45) is 5.73 Å². The number of H-pyrrole nitrogens is 1. The number of aromatic amines is 1. The highest BCUT2D eigenvalue weighted by molar-refractivity contribution is 6.01. The molecule has 0 bridgehead atoms. The number of primary amides is 1. The number of carbonyl (C=O) groups is 2. The van der Waals surface area contributed by atoms with Gasteiger partial charge in [-0.25, -0.2) is 8.78 Å². The van der Waals surface area contributed by atoms with Crippen LogP contribution in [0, 0.1) is 11.6 Å². The Morgan fingerprint density at radius 3 is 2.67 bits per heavy atom. The van der Waals surface area contributed by atoms with E-state index in [1.807, 2.05) is 31.1 Å². The maximum atomic E-state index is 14.4. The van der Waals surface area contributed by atoms with E-state index in [0.29, 0.717) is 35.4 Å². The molecule has 3 heterocycles. The third-order valence-corrected chi connectivity index (χ3v) is 6.31. The van der Waals surface area contributed by atoms with Gasteiger partial charge < -0.3 is 35.9 Å². The maximum Gasteiger partial charge on any atom is 0.253 e. The van der Waals surface area contributed by atoms with Gasteiger partial charge in [-0.15, -0.1) is 0 Å². The third-order valence-electron chi connectivity index (χ3n) is 6.31. The molecule has 11 nitrogen and oxygen atoms in total. The first-order valence-corrected chi connectivity index (χ1v) is 12.0. The summed E-state index contributed by atoms with van der Waals surface area (Å²) in [6.07, 6.45) is 2.33. The number of likely N-dealkylation sites (N-methyl/N-ethyl adjacent to an activating group) is 1. The molecule has 0 atom stereocenters. The average molecular weight is 537 g/mol. The van der Waals surface area contributed by atoms with Crippen molar-refractivity contribution in [3.05, 3.63) is 59.3 Å². The molecule has 2 aromatic heterocycles. The number of nitrogens with two attached hydrogens (primary N) is 1. The van der Waals surface area contributed by atoms with Crippen LogP contribution in [-0.4, -0.2) is 66.0 Å². The van der Waals surface area contributed by atoms with Crippen molar-refractivity contribution in [3.63, 3.8) is 0 Å². The van der Waals surface area contributed by atoms with E-state index >= 15 is 0 Å². The van der Waals surface area contributed by atoms with E-state index in [-0.39, 0.29) is 29.9 Å². The van der Waals surface area contributed by atoms with E-state index in [0.717, 1.165) is 17.3 Å². The van der Waals surface area contributed by atoms with Crippen LogP contribution in [0.15, 0.2) is 36.5 Å². The highest BCUT2D eigenvalue weighted by atomic mass is 19.2. The Bertz CT molecular complexity index is 1600. The molecule has 0 aliphatic carbocycles. The van der Waals surface area contributed by atoms with E-state index in [4.69, 9.17) is 10.5 Å². The summed E-state index contributed by atoms with van der Waals surface area (Å²) in [6.45, 7) is 0.831. The minimum Gasteiger partial charge on any atom is -0.495 e. The number of nitrogens with zero attached hydrogens (tertiary/aromatic N) is 4. The molecule has 202 valence electrons. The van der Waals surface area contributed by atoms with Gasteiger partial charge in [0.2, 0.25) is 11.9 Å². The van der Waals surface area contributed by atoms with E-state index in [1.54, 1.807) is 17.2 Å². The van der Waals surface area contributed by atoms with Crippen molar-refractivity contribution in [1.29, 1.82) is 0 Å². The summed E-state index contributed by atoms with van der Waals surface area (Å²) in [5.74, 6) is -2.85. The molecule has 0 unspecified atom stereocenters. The first kappa shape index (κ1) is 25.9. The smallest absolute Gasteiger partial charge is 0.253 e. The number of ether oxygens (including phenoxy) is 1. The molecule has 0 saturated heterocycles. The summed E-state index contributed by atoms with van der Waals surface area (Å²) < 4.78 is 33.7. The van der Waals surface area contributed by atoms with E-state index in [1.165, 1.54) is 13.2 Å². The minimum atomic E-state index is -1.36. The second kappa shape index (κ2) is 10.2. The normalized spacial score (nSPS) is 12.6. The Labute approximate surface area is 222 Å². The lowest BCUT2D eigenvalue weighted by Crippen LogP contribution is -2.36. The number of aromatic nitrogens is 3. The van der Waals surface area contributed by atoms with Gasteiger partial charge in [0.05, 0.1) is 30.4 Å². The number of fused-ring (bicyclic) bond motifs is 2. The molecule has 0 saturated carbocycles. The fraction of sp³-hybridized carbons (Fsp3) is 0.231. The summed E-state index contributed by atoms with van der Waals surface area (Å²) in [5, 5.41) is 6.55. The Hall–Kier alpha value is -4.78. The van der Waals surface area contributed by atoms with Gasteiger partial charge in [-0.05, 0) is 56.4 Å². The Morgan fingerprint density at radius 2 is 1.95 bits per heavy atom. The topological polar surface area (TPSA) is 142 Å². The van der Waals surface area contributed by atoms with Crippen LogP contribution in [0.1, 0.15) is 15.9 Å². The number of hydrogen-bond acceptors (Lipinski definition) is 8. The van der Waals surface area contributed by atoms with Crippen LogP contribution in [0.25, 0.3) is 11.0 Å². The zero-order chi connectivity index (χ0) is 27.8. The fourth-order valence-corrected chi connectivity index (χ4v) is 4.53. The number of nitrogens with one attached hydrogen (secondary N) is 3. The summed E-state index contributed by atoms with van der Waals surface area (Å²) in [5.41, 5.74) is 7.32. The molecule has 5 rings (SSSR count). The molecule has 5 N–H and O–H groups in total. The number of halogens is 2. The molecule has 1 aliphatic heterocycles. The fourth-order valence-electron chi connectivity index (χ4n) is 4.53. The molecule has 1 aliphatic rings. The van der Waals surface area contributed by atoms with Crippen LogP contribution in [-0.2, 0) is 11.2 Å². The average Bonchev–Trinajstić information content (AvgIpc) is 3.52. The lowest BCUT2D eigenvalue weighted by molar-refractivity contribution is -0.119. The molecule has 39 heavy (non-hydrogen) atoms. The zero-order valence-electron chi connectivity index (χ0n) is 21.4. The predicted molar refractivity (Wildman–Crippen MR) is 143 cm³/mol. The molecule has 2 amide bonds. The monoisotopic (exact) mass is 536 g/mol. The molecule has 4 aromatic rings. The van der Waals surface area contributed by atoms with Gasteiger partial charge in [0.15, 0.2) is 11.6 Å². The van der Waals surface area contributed by atoms with Crippen molar-refractivity contribution in [1.82, 2.24) is 19.9 Å². The molecule has 2 aromatic carbocycles. The first-order chi connectivity index (χ1) is 18.7. The lowest BCUT2D eigenvalue weighted by Gasteiger charge is -2.21. The highest BCUT2D eigenvalue weighted by Crippen LogP contribution is 2.39. The molecule has 0 fully saturated rings. The van der Waals surface area contributed by atoms with Crippen LogP contribution in [0.4, 0.5) is 37.6 Å². The maximum absolute atomic E-state index is 14.4. The van der Waals surface area contributed by atoms with Crippen molar-refractivity contribution < 1.29 is 23.1 Å². The summed E-state index contributed by atoms with van der Waals surface area (Å²) in [6, 6.07) is 7.46. The van der Waals surface area contributed by atoms with Gasteiger partial charge in [-0.3, -0.25) is 9.59 Å². The van der Waals surface area contributed by atoms with Crippen LogP contribution in [0.2, 0.25) is 0 Å². The number of methoxy groups -OCH3 is 1. The molecule has 0 spiro atoms. The van der Waals surface area contributed by atoms with Gasteiger partial charge >= 0.3 is 0 Å². The summed E-state index contributed by atoms with van der Waals surface area (Å²) in [4.78, 5) is 40.2. The van der Waals surface area contributed by atoms with Crippen molar-refractivity contribution in [3.8, 4) is 5.75 Å². The Kier molecular flexibility index (Phi) is 6.74. The first-order valence-electron chi connectivity index (χ1n) is 12.0. The lowest BCUT2D eigenvalue weighted by atomic mass is 10.1. The van der Waals surface area contributed by atoms with E-state index in [9.17, 15) is 18.4 Å². The second-order valence-electron chi connectivity index (χ2n) is 9.25.